The van der Waals surface area contributed by atoms with Crippen molar-refractivity contribution in [3.05, 3.63) is 0 Å². The van der Waals surface area contributed by atoms with E-state index in [0.29, 0.717) is 0 Å². The first-order valence-corrected chi connectivity index (χ1v) is 5.02. The number of likely N-dealkylation sites (tertiary alicyclic amines) is 1. The van der Waals surface area contributed by atoms with Gasteiger partial charge in [-0.1, -0.05) is 20.3 Å². The van der Waals surface area contributed by atoms with Crippen molar-refractivity contribution in [2.24, 2.45) is 5.41 Å². The van der Waals surface area contributed by atoms with E-state index in [-0.39, 0.29) is 11.4 Å². The lowest BCUT2D eigenvalue weighted by atomic mass is 9.88. The molecular formula is C10H20N2O. The first-order valence-electron chi connectivity index (χ1n) is 5.02. The zero-order valence-electron chi connectivity index (χ0n) is 8.89. The van der Waals surface area contributed by atoms with Crippen LogP contribution >= 0.6 is 0 Å². The van der Waals surface area contributed by atoms with Gasteiger partial charge in [0, 0.05) is 20.1 Å². The SMILES string of the molecule is CNC(=O)N1CCCCC(C)(C)C1. The molecule has 0 aromatic heterocycles. The van der Waals surface area contributed by atoms with Gasteiger partial charge in [-0.2, -0.15) is 0 Å². The summed E-state index contributed by atoms with van der Waals surface area (Å²) >= 11 is 0. The van der Waals surface area contributed by atoms with Crippen molar-refractivity contribution in [2.45, 2.75) is 33.1 Å². The number of rotatable bonds is 0. The zero-order valence-corrected chi connectivity index (χ0v) is 8.89. The molecule has 0 aliphatic carbocycles. The average molecular weight is 184 g/mol. The quantitative estimate of drug-likeness (QED) is 0.612. The van der Waals surface area contributed by atoms with Crippen molar-refractivity contribution in [3.63, 3.8) is 0 Å². The highest BCUT2D eigenvalue weighted by Crippen LogP contribution is 2.27. The molecule has 0 aromatic rings. The van der Waals surface area contributed by atoms with Gasteiger partial charge in [-0.15, -0.1) is 0 Å². The number of carbonyl (C=O) groups is 1. The largest absolute Gasteiger partial charge is 0.341 e. The highest BCUT2D eigenvalue weighted by molar-refractivity contribution is 5.73. The summed E-state index contributed by atoms with van der Waals surface area (Å²) in [6.07, 6.45) is 3.60. The number of urea groups is 1. The molecule has 0 radical (unpaired) electrons. The van der Waals surface area contributed by atoms with Gasteiger partial charge in [-0.05, 0) is 18.3 Å². The van der Waals surface area contributed by atoms with Crippen LogP contribution in [0, 0.1) is 5.41 Å². The number of amides is 2. The minimum Gasteiger partial charge on any atom is -0.341 e. The molecule has 76 valence electrons. The predicted octanol–water partition coefficient (Wildman–Crippen LogP) is 1.84. The van der Waals surface area contributed by atoms with Crippen molar-refractivity contribution >= 4 is 6.03 Å². The summed E-state index contributed by atoms with van der Waals surface area (Å²) in [4.78, 5) is 13.3. The molecule has 0 atom stereocenters. The Labute approximate surface area is 80.5 Å². The van der Waals surface area contributed by atoms with Crippen LogP contribution in [-0.2, 0) is 0 Å². The smallest absolute Gasteiger partial charge is 0.317 e. The Hall–Kier alpha value is -0.730. The summed E-state index contributed by atoms with van der Waals surface area (Å²) in [7, 11) is 1.69. The Morgan fingerprint density at radius 1 is 1.38 bits per heavy atom. The van der Waals surface area contributed by atoms with Crippen LogP contribution in [0.15, 0.2) is 0 Å². The standard InChI is InChI=1S/C10H20N2O/c1-10(2)6-4-5-7-12(8-10)9(13)11-3/h4-8H2,1-3H3,(H,11,13). The highest BCUT2D eigenvalue weighted by Gasteiger charge is 2.26. The molecule has 3 heteroatoms. The molecule has 1 aliphatic heterocycles. The molecule has 3 nitrogen and oxygen atoms in total. The van der Waals surface area contributed by atoms with E-state index in [4.69, 9.17) is 0 Å². The Bertz CT molecular complexity index is 189. The molecule has 1 aliphatic rings. The van der Waals surface area contributed by atoms with Crippen LogP contribution in [0.1, 0.15) is 33.1 Å². The van der Waals surface area contributed by atoms with Crippen LogP contribution in [0.3, 0.4) is 0 Å². The van der Waals surface area contributed by atoms with Crippen LogP contribution in [0.25, 0.3) is 0 Å². The number of hydrogen-bond donors (Lipinski definition) is 1. The van der Waals surface area contributed by atoms with Crippen LogP contribution in [0.4, 0.5) is 4.79 Å². The molecule has 1 rings (SSSR count). The lowest BCUT2D eigenvalue weighted by Gasteiger charge is -2.29. The molecule has 2 amide bonds. The Kier molecular flexibility index (Phi) is 3.17. The minimum absolute atomic E-state index is 0.0648. The van der Waals surface area contributed by atoms with Crippen LogP contribution < -0.4 is 5.32 Å². The van der Waals surface area contributed by atoms with E-state index in [2.05, 4.69) is 19.2 Å². The summed E-state index contributed by atoms with van der Waals surface area (Å²) in [6.45, 7) is 6.25. The fraction of sp³-hybridized carbons (Fsp3) is 0.900. The van der Waals surface area contributed by atoms with E-state index in [0.717, 1.165) is 19.5 Å². The molecule has 0 unspecified atom stereocenters. The second-order valence-electron chi connectivity index (χ2n) is 4.60. The van der Waals surface area contributed by atoms with Crippen molar-refractivity contribution in [1.29, 1.82) is 0 Å². The fourth-order valence-corrected chi connectivity index (χ4v) is 1.91. The Morgan fingerprint density at radius 3 is 2.69 bits per heavy atom. The molecule has 13 heavy (non-hydrogen) atoms. The third-order valence-corrected chi connectivity index (χ3v) is 2.65. The maximum Gasteiger partial charge on any atom is 0.317 e. The topological polar surface area (TPSA) is 32.3 Å². The molecule has 1 N–H and O–H groups in total. The highest BCUT2D eigenvalue weighted by atomic mass is 16.2. The average Bonchev–Trinajstić information content (AvgIpc) is 2.25. The summed E-state index contributed by atoms with van der Waals surface area (Å²) in [6, 6.07) is 0.0648. The lowest BCUT2D eigenvalue weighted by molar-refractivity contribution is 0.177. The third kappa shape index (κ3) is 2.90. The maximum absolute atomic E-state index is 11.4. The van der Waals surface area contributed by atoms with Gasteiger partial charge in [0.05, 0.1) is 0 Å². The Balaban J connectivity index is 2.59. The molecule has 0 spiro atoms. The van der Waals surface area contributed by atoms with Gasteiger partial charge in [-0.3, -0.25) is 0 Å². The van der Waals surface area contributed by atoms with Gasteiger partial charge in [-0.25, -0.2) is 4.79 Å². The molecule has 1 fully saturated rings. The van der Waals surface area contributed by atoms with E-state index >= 15 is 0 Å². The monoisotopic (exact) mass is 184 g/mol. The van der Waals surface area contributed by atoms with Crippen molar-refractivity contribution < 1.29 is 4.79 Å². The van der Waals surface area contributed by atoms with Crippen LogP contribution in [-0.4, -0.2) is 31.1 Å². The number of carbonyl (C=O) groups excluding carboxylic acids is 1. The van der Waals surface area contributed by atoms with E-state index in [9.17, 15) is 4.79 Å². The van der Waals surface area contributed by atoms with Crippen molar-refractivity contribution in [1.82, 2.24) is 10.2 Å². The summed E-state index contributed by atoms with van der Waals surface area (Å²) in [5, 5.41) is 2.69. The summed E-state index contributed by atoms with van der Waals surface area (Å²) in [5.41, 5.74) is 0.281. The normalized spacial score (nSPS) is 22.2. The van der Waals surface area contributed by atoms with Gasteiger partial charge >= 0.3 is 6.03 Å². The van der Waals surface area contributed by atoms with E-state index in [1.54, 1.807) is 7.05 Å². The van der Waals surface area contributed by atoms with E-state index < -0.39 is 0 Å². The molecule has 0 saturated carbocycles. The van der Waals surface area contributed by atoms with E-state index in [1.807, 2.05) is 4.90 Å². The maximum atomic E-state index is 11.4. The first kappa shape index (κ1) is 10.4. The van der Waals surface area contributed by atoms with Gasteiger partial charge < -0.3 is 10.2 Å². The fourth-order valence-electron chi connectivity index (χ4n) is 1.91. The second-order valence-corrected chi connectivity index (χ2v) is 4.60. The molecule has 0 bridgehead atoms. The number of nitrogens with zero attached hydrogens (tertiary/aromatic N) is 1. The summed E-state index contributed by atoms with van der Waals surface area (Å²) in [5.74, 6) is 0. The first-order chi connectivity index (χ1) is 6.05. The molecule has 1 saturated heterocycles. The van der Waals surface area contributed by atoms with Gasteiger partial charge in [0.2, 0.25) is 0 Å². The third-order valence-electron chi connectivity index (χ3n) is 2.65. The molecular weight excluding hydrogens is 164 g/mol. The summed E-state index contributed by atoms with van der Waals surface area (Å²) < 4.78 is 0. The molecule has 0 aromatic carbocycles. The second kappa shape index (κ2) is 3.99. The van der Waals surface area contributed by atoms with Crippen LogP contribution in [0.2, 0.25) is 0 Å². The zero-order chi connectivity index (χ0) is 9.90. The predicted molar refractivity (Wildman–Crippen MR) is 53.7 cm³/mol. The molecule has 1 heterocycles. The van der Waals surface area contributed by atoms with Crippen LogP contribution in [0.5, 0.6) is 0 Å². The van der Waals surface area contributed by atoms with Gasteiger partial charge in [0.15, 0.2) is 0 Å². The van der Waals surface area contributed by atoms with Crippen molar-refractivity contribution in [2.75, 3.05) is 20.1 Å². The number of nitrogens with one attached hydrogen (secondary N) is 1. The number of hydrogen-bond acceptors (Lipinski definition) is 1. The van der Waals surface area contributed by atoms with E-state index in [1.165, 1.54) is 12.8 Å². The van der Waals surface area contributed by atoms with Gasteiger partial charge in [0.1, 0.15) is 0 Å². The Morgan fingerprint density at radius 2 is 2.08 bits per heavy atom. The lowest BCUT2D eigenvalue weighted by Crippen LogP contribution is -2.42. The van der Waals surface area contributed by atoms with Gasteiger partial charge in [0.25, 0.3) is 0 Å². The van der Waals surface area contributed by atoms with Crippen molar-refractivity contribution in [3.8, 4) is 0 Å². The minimum atomic E-state index is 0.0648.